The Bertz CT molecular complexity index is 621. The highest BCUT2D eigenvalue weighted by Crippen LogP contribution is 2.13. The van der Waals surface area contributed by atoms with E-state index in [4.69, 9.17) is 16.0 Å². The fourth-order valence-electron chi connectivity index (χ4n) is 1.56. The lowest BCUT2D eigenvalue weighted by molar-refractivity contribution is 0.102. The van der Waals surface area contributed by atoms with E-state index in [0.717, 1.165) is 5.56 Å². The first-order valence-electron chi connectivity index (χ1n) is 5.86. The zero-order chi connectivity index (χ0) is 13.7. The molecule has 96 valence electrons. The summed E-state index contributed by atoms with van der Waals surface area (Å²) in [6, 6.07) is 13.1. The number of rotatable bonds is 4. The molecule has 0 fully saturated rings. The topological polar surface area (TPSA) is 30.2 Å². The summed E-state index contributed by atoms with van der Waals surface area (Å²) in [5.74, 6) is 0.827. The number of allylic oxidation sites excluding steroid dienone is 3. The molecule has 2 aromatic rings. The van der Waals surface area contributed by atoms with Gasteiger partial charge in [0.15, 0.2) is 5.76 Å². The van der Waals surface area contributed by atoms with E-state index in [1.807, 2.05) is 30.3 Å². The first-order valence-corrected chi connectivity index (χ1v) is 6.24. The van der Waals surface area contributed by atoms with Gasteiger partial charge in [0.2, 0.25) is 5.78 Å². The Morgan fingerprint density at radius 1 is 1.11 bits per heavy atom. The number of benzene rings is 1. The quantitative estimate of drug-likeness (QED) is 0.462. The average Bonchev–Trinajstić information content (AvgIpc) is 2.84. The molecule has 2 nitrogen and oxygen atoms in total. The maximum atomic E-state index is 11.7. The van der Waals surface area contributed by atoms with Crippen LogP contribution in [0.15, 0.2) is 64.1 Å². The van der Waals surface area contributed by atoms with Crippen LogP contribution in [0.1, 0.15) is 21.9 Å². The minimum atomic E-state index is -0.201. The number of ketones is 1. The van der Waals surface area contributed by atoms with Gasteiger partial charge < -0.3 is 4.42 Å². The summed E-state index contributed by atoms with van der Waals surface area (Å²) in [6.45, 7) is 1.79. The van der Waals surface area contributed by atoms with Gasteiger partial charge in [-0.1, -0.05) is 41.9 Å². The van der Waals surface area contributed by atoms with E-state index in [-0.39, 0.29) is 5.78 Å². The molecule has 2 rings (SSSR count). The van der Waals surface area contributed by atoms with Gasteiger partial charge in [-0.25, -0.2) is 0 Å². The van der Waals surface area contributed by atoms with Crippen molar-refractivity contribution >= 4 is 23.5 Å². The van der Waals surface area contributed by atoms with Crippen LogP contribution in [-0.4, -0.2) is 5.78 Å². The number of hydrogen-bond acceptors (Lipinski definition) is 2. The van der Waals surface area contributed by atoms with E-state index < -0.39 is 0 Å². The lowest BCUT2D eigenvalue weighted by atomic mass is 10.2. The van der Waals surface area contributed by atoms with Gasteiger partial charge in [0, 0.05) is 5.03 Å². The summed E-state index contributed by atoms with van der Waals surface area (Å²) in [6.07, 6.45) is 4.76. The molecule has 0 saturated heterocycles. The van der Waals surface area contributed by atoms with E-state index >= 15 is 0 Å². The van der Waals surface area contributed by atoms with Gasteiger partial charge in [0.1, 0.15) is 5.76 Å². The summed E-state index contributed by atoms with van der Waals surface area (Å²) in [4.78, 5) is 11.7. The third kappa shape index (κ3) is 3.97. The second-order valence-electron chi connectivity index (χ2n) is 4.05. The zero-order valence-electron chi connectivity index (χ0n) is 10.5. The number of hydrogen-bond donors (Lipinski definition) is 0. The molecular weight excluding hydrogens is 260 g/mol. The lowest BCUT2D eigenvalue weighted by Crippen LogP contribution is -1.90. The molecule has 0 aliphatic carbocycles. The Kier molecular flexibility index (Phi) is 4.37. The first kappa shape index (κ1) is 13.4. The van der Waals surface area contributed by atoms with Gasteiger partial charge >= 0.3 is 0 Å². The SMILES string of the molecule is Cc1ccc(C(=O)/C=C/C(Cl)=C/c2ccccc2)o1. The van der Waals surface area contributed by atoms with Gasteiger partial charge in [-0.3, -0.25) is 4.79 Å². The predicted molar refractivity (Wildman–Crippen MR) is 77.2 cm³/mol. The molecule has 0 radical (unpaired) electrons. The number of aryl methyl sites for hydroxylation is 1. The van der Waals surface area contributed by atoms with Crippen LogP contribution in [0, 0.1) is 6.92 Å². The minimum Gasteiger partial charge on any atom is -0.458 e. The number of carbonyl (C=O) groups excluding carboxylic acids is 1. The molecule has 1 aromatic heterocycles. The van der Waals surface area contributed by atoms with Gasteiger partial charge in [0.05, 0.1) is 0 Å². The van der Waals surface area contributed by atoms with Crippen LogP contribution in [0.25, 0.3) is 6.08 Å². The Labute approximate surface area is 117 Å². The van der Waals surface area contributed by atoms with Crippen molar-refractivity contribution in [2.75, 3.05) is 0 Å². The standard InChI is InChI=1S/C16H13ClO2/c1-12-7-10-16(19-12)15(18)9-8-14(17)11-13-5-3-2-4-6-13/h2-11H,1H3/b9-8+,14-11-. The molecule has 3 heteroatoms. The van der Waals surface area contributed by atoms with Crippen LogP contribution in [0.4, 0.5) is 0 Å². The summed E-state index contributed by atoms with van der Waals surface area (Å²) in [5, 5.41) is 0.489. The monoisotopic (exact) mass is 272 g/mol. The van der Waals surface area contributed by atoms with Crippen LogP contribution >= 0.6 is 11.6 Å². The molecular formula is C16H13ClO2. The summed E-state index contributed by atoms with van der Waals surface area (Å²) in [5.41, 5.74) is 0.985. The molecule has 0 saturated carbocycles. The Morgan fingerprint density at radius 2 is 1.84 bits per heavy atom. The van der Waals surface area contributed by atoms with Crippen molar-refractivity contribution in [1.82, 2.24) is 0 Å². The van der Waals surface area contributed by atoms with Crippen molar-refractivity contribution in [3.8, 4) is 0 Å². The third-order valence-corrected chi connectivity index (χ3v) is 2.72. The molecule has 0 amide bonds. The maximum Gasteiger partial charge on any atom is 0.221 e. The van der Waals surface area contributed by atoms with Crippen LogP contribution < -0.4 is 0 Å². The van der Waals surface area contributed by atoms with Crippen molar-refractivity contribution < 1.29 is 9.21 Å². The second kappa shape index (κ2) is 6.21. The summed E-state index contributed by atoms with van der Waals surface area (Å²) < 4.78 is 5.23. The minimum absolute atomic E-state index is 0.201. The average molecular weight is 273 g/mol. The van der Waals surface area contributed by atoms with Crippen LogP contribution in [0.3, 0.4) is 0 Å². The maximum absolute atomic E-state index is 11.7. The highest BCUT2D eigenvalue weighted by Gasteiger charge is 2.05. The van der Waals surface area contributed by atoms with Gasteiger partial charge in [0.25, 0.3) is 0 Å². The van der Waals surface area contributed by atoms with E-state index in [1.165, 1.54) is 6.08 Å². The molecule has 1 heterocycles. The predicted octanol–water partition coefficient (Wildman–Crippen LogP) is 4.61. The lowest BCUT2D eigenvalue weighted by Gasteiger charge is -1.93. The number of carbonyl (C=O) groups is 1. The Morgan fingerprint density at radius 3 is 2.47 bits per heavy atom. The van der Waals surface area contributed by atoms with Crippen molar-refractivity contribution in [1.29, 1.82) is 0 Å². The number of halogens is 1. The highest BCUT2D eigenvalue weighted by molar-refractivity contribution is 6.33. The second-order valence-corrected chi connectivity index (χ2v) is 4.48. The van der Waals surface area contributed by atoms with Gasteiger partial charge in [-0.15, -0.1) is 0 Å². The Hall–Kier alpha value is -2.06. The van der Waals surface area contributed by atoms with Crippen molar-refractivity contribution in [2.45, 2.75) is 6.92 Å². The Balaban J connectivity index is 2.06. The third-order valence-electron chi connectivity index (χ3n) is 2.48. The smallest absolute Gasteiger partial charge is 0.221 e. The zero-order valence-corrected chi connectivity index (χ0v) is 11.2. The fourth-order valence-corrected chi connectivity index (χ4v) is 1.75. The molecule has 0 bridgehead atoms. The van der Waals surface area contributed by atoms with Crippen LogP contribution in [0.5, 0.6) is 0 Å². The van der Waals surface area contributed by atoms with E-state index in [0.29, 0.717) is 16.6 Å². The van der Waals surface area contributed by atoms with Crippen molar-refractivity contribution in [3.63, 3.8) is 0 Å². The first-order chi connectivity index (χ1) is 9.15. The molecule has 0 atom stereocenters. The molecule has 0 aliphatic rings. The van der Waals surface area contributed by atoms with Gasteiger partial charge in [-0.2, -0.15) is 0 Å². The molecule has 0 unspecified atom stereocenters. The summed E-state index contributed by atoms with van der Waals surface area (Å²) in [7, 11) is 0. The van der Waals surface area contributed by atoms with Crippen molar-refractivity contribution in [3.05, 3.63) is 76.7 Å². The fraction of sp³-hybridized carbons (Fsp3) is 0.0625. The van der Waals surface area contributed by atoms with Crippen LogP contribution in [0.2, 0.25) is 0 Å². The molecule has 19 heavy (non-hydrogen) atoms. The van der Waals surface area contributed by atoms with Gasteiger partial charge in [-0.05, 0) is 42.8 Å². The van der Waals surface area contributed by atoms with E-state index in [2.05, 4.69) is 0 Å². The largest absolute Gasteiger partial charge is 0.458 e. The normalized spacial score (nSPS) is 12.0. The van der Waals surface area contributed by atoms with E-state index in [9.17, 15) is 4.79 Å². The van der Waals surface area contributed by atoms with E-state index in [1.54, 1.807) is 31.2 Å². The number of furan rings is 1. The molecule has 0 spiro atoms. The highest BCUT2D eigenvalue weighted by atomic mass is 35.5. The van der Waals surface area contributed by atoms with Crippen molar-refractivity contribution in [2.24, 2.45) is 0 Å². The van der Waals surface area contributed by atoms with Crippen LogP contribution in [-0.2, 0) is 0 Å². The summed E-state index contributed by atoms with van der Waals surface area (Å²) >= 11 is 6.04. The molecule has 0 aliphatic heterocycles. The molecule has 0 N–H and O–H groups in total. The molecule has 1 aromatic carbocycles.